The van der Waals surface area contributed by atoms with E-state index in [0.717, 1.165) is 19.3 Å². The maximum atomic E-state index is 11.5. The summed E-state index contributed by atoms with van der Waals surface area (Å²) in [5.74, 6) is 0.742. The molecule has 1 atom stereocenters. The largest absolute Gasteiger partial charge is 0.400 e. The van der Waals surface area contributed by atoms with E-state index in [-0.39, 0.29) is 5.91 Å². The van der Waals surface area contributed by atoms with Crippen LogP contribution in [0.15, 0.2) is 30.3 Å². The summed E-state index contributed by atoms with van der Waals surface area (Å²) in [5, 5.41) is 7.00. The molecule has 1 saturated heterocycles. The van der Waals surface area contributed by atoms with E-state index in [2.05, 4.69) is 6.92 Å². The number of benzene rings is 1. The molecule has 15 heavy (non-hydrogen) atoms. The molecule has 0 aromatic heterocycles. The second kappa shape index (κ2) is 5.51. The van der Waals surface area contributed by atoms with Gasteiger partial charge in [-0.05, 0) is 18.1 Å². The summed E-state index contributed by atoms with van der Waals surface area (Å²) in [6.45, 7) is 2.98. The number of aliphatic hydroxyl groups excluding tert-OH is 1. The van der Waals surface area contributed by atoms with Crippen LogP contribution in [0.1, 0.15) is 13.3 Å². The Kier molecular flexibility index (Phi) is 4.31. The second-order valence-electron chi connectivity index (χ2n) is 3.65. The van der Waals surface area contributed by atoms with E-state index in [1.165, 1.54) is 0 Å². The first-order chi connectivity index (χ1) is 7.27. The minimum absolute atomic E-state index is 0.249. The number of carbonyl (C=O) groups is 1. The molecule has 3 nitrogen and oxygen atoms in total. The van der Waals surface area contributed by atoms with Gasteiger partial charge in [-0.25, -0.2) is 0 Å². The first-order valence-electron chi connectivity index (χ1n) is 5.07. The number of anilines is 1. The molecule has 82 valence electrons. The van der Waals surface area contributed by atoms with Crippen LogP contribution in [0.2, 0.25) is 0 Å². The fourth-order valence-electron chi connectivity index (χ4n) is 1.74. The zero-order chi connectivity index (χ0) is 11.3. The topological polar surface area (TPSA) is 40.5 Å². The summed E-state index contributed by atoms with van der Waals surface area (Å²) in [5.41, 5.74) is 1.02. The van der Waals surface area contributed by atoms with Crippen LogP contribution in [-0.2, 0) is 4.79 Å². The highest BCUT2D eigenvalue weighted by Gasteiger charge is 2.26. The van der Waals surface area contributed by atoms with E-state index in [4.69, 9.17) is 5.11 Å². The zero-order valence-corrected chi connectivity index (χ0v) is 9.18. The van der Waals surface area contributed by atoms with E-state index in [0.29, 0.717) is 12.3 Å². The van der Waals surface area contributed by atoms with Crippen LogP contribution in [0.5, 0.6) is 0 Å². The summed E-state index contributed by atoms with van der Waals surface area (Å²) >= 11 is 0. The Balaban J connectivity index is 0.000000531. The van der Waals surface area contributed by atoms with Gasteiger partial charge in [-0.1, -0.05) is 25.1 Å². The average molecular weight is 207 g/mol. The van der Waals surface area contributed by atoms with Gasteiger partial charge in [-0.15, -0.1) is 0 Å². The summed E-state index contributed by atoms with van der Waals surface area (Å²) in [7, 11) is 1.00. The Labute approximate surface area is 90.3 Å². The Hall–Kier alpha value is -1.35. The molecule has 1 aliphatic heterocycles. The molecule has 1 aromatic rings. The minimum Gasteiger partial charge on any atom is -0.400 e. The van der Waals surface area contributed by atoms with Gasteiger partial charge in [0.2, 0.25) is 5.91 Å². The normalized spacial score (nSPS) is 19.8. The Morgan fingerprint density at radius 1 is 1.27 bits per heavy atom. The van der Waals surface area contributed by atoms with Gasteiger partial charge in [0.1, 0.15) is 0 Å². The standard InChI is InChI=1S/C11H13NO.CH4O/c1-9-7-11(13)12(8-9)10-5-3-2-4-6-10;1-2/h2-6,9H,7-8H2,1H3;2H,1H3. The molecule has 1 unspecified atom stereocenters. The van der Waals surface area contributed by atoms with Gasteiger partial charge in [0.15, 0.2) is 0 Å². The van der Waals surface area contributed by atoms with Crippen molar-refractivity contribution in [3.63, 3.8) is 0 Å². The van der Waals surface area contributed by atoms with Crippen molar-refractivity contribution in [2.75, 3.05) is 18.6 Å². The van der Waals surface area contributed by atoms with Crippen LogP contribution in [0.4, 0.5) is 5.69 Å². The van der Waals surface area contributed by atoms with Crippen molar-refractivity contribution in [2.45, 2.75) is 13.3 Å². The number of hydrogen-bond donors (Lipinski definition) is 1. The molecule has 1 fully saturated rings. The fourth-order valence-corrected chi connectivity index (χ4v) is 1.74. The lowest BCUT2D eigenvalue weighted by Crippen LogP contribution is -2.23. The molecule has 1 amide bonds. The Bertz CT molecular complexity index is 311. The molecule has 1 aromatic carbocycles. The lowest BCUT2D eigenvalue weighted by molar-refractivity contribution is -0.117. The van der Waals surface area contributed by atoms with Gasteiger partial charge >= 0.3 is 0 Å². The number of hydrogen-bond acceptors (Lipinski definition) is 2. The highest BCUT2D eigenvalue weighted by Crippen LogP contribution is 2.23. The van der Waals surface area contributed by atoms with Crippen LogP contribution in [0, 0.1) is 5.92 Å². The average Bonchev–Trinajstić information content (AvgIpc) is 2.62. The number of amides is 1. The monoisotopic (exact) mass is 207 g/mol. The van der Waals surface area contributed by atoms with Crippen molar-refractivity contribution in [3.8, 4) is 0 Å². The molecule has 1 N–H and O–H groups in total. The molecule has 1 aliphatic rings. The quantitative estimate of drug-likeness (QED) is 0.761. The van der Waals surface area contributed by atoms with Crippen LogP contribution < -0.4 is 4.90 Å². The van der Waals surface area contributed by atoms with E-state index in [1.807, 2.05) is 35.2 Å². The molecule has 0 aliphatic carbocycles. The Morgan fingerprint density at radius 2 is 1.87 bits per heavy atom. The van der Waals surface area contributed by atoms with Crippen molar-refractivity contribution in [2.24, 2.45) is 5.92 Å². The molecule has 1 heterocycles. The highest BCUT2D eigenvalue weighted by molar-refractivity contribution is 5.95. The molecule has 0 bridgehead atoms. The second-order valence-corrected chi connectivity index (χ2v) is 3.65. The van der Waals surface area contributed by atoms with Gasteiger partial charge in [-0.2, -0.15) is 0 Å². The van der Waals surface area contributed by atoms with Gasteiger partial charge < -0.3 is 10.0 Å². The predicted molar refractivity (Wildman–Crippen MR) is 60.7 cm³/mol. The number of para-hydroxylation sites is 1. The third-order valence-corrected chi connectivity index (χ3v) is 2.39. The summed E-state index contributed by atoms with van der Waals surface area (Å²) < 4.78 is 0. The van der Waals surface area contributed by atoms with E-state index in [1.54, 1.807) is 0 Å². The van der Waals surface area contributed by atoms with Crippen molar-refractivity contribution < 1.29 is 9.90 Å². The maximum Gasteiger partial charge on any atom is 0.227 e. The molecule has 0 spiro atoms. The molecule has 2 rings (SSSR count). The molecule has 3 heteroatoms. The number of aliphatic hydroxyl groups is 1. The minimum atomic E-state index is 0.249. The van der Waals surface area contributed by atoms with E-state index >= 15 is 0 Å². The van der Waals surface area contributed by atoms with Crippen LogP contribution in [0.25, 0.3) is 0 Å². The third kappa shape index (κ3) is 2.80. The number of carbonyl (C=O) groups excluding carboxylic acids is 1. The highest BCUT2D eigenvalue weighted by atomic mass is 16.2. The summed E-state index contributed by atoms with van der Waals surface area (Å²) in [6.07, 6.45) is 0.689. The fraction of sp³-hybridized carbons (Fsp3) is 0.417. The number of nitrogens with zero attached hydrogens (tertiary/aromatic N) is 1. The molecular weight excluding hydrogens is 190 g/mol. The molecule has 0 saturated carbocycles. The summed E-state index contributed by atoms with van der Waals surface area (Å²) in [4.78, 5) is 13.4. The SMILES string of the molecule is CC1CC(=O)N(c2ccccc2)C1.CO. The van der Waals surface area contributed by atoms with Crippen molar-refractivity contribution in [1.82, 2.24) is 0 Å². The van der Waals surface area contributed by atoms with Crippen molar-refractivity contribution in [3.05, 3.63) is 30.3 Å². The Morgan fingerprint density at radius 3 is 2.33 bits per heavy atom. The van der Waals surface area contributed by atoms with E-state index in [9.17, 15) is 4.79 Å². The van der Waals surface area contributed by atoms with Gasteiger partial charge in [0.05, 0.1) is 0 Å². The first-order valence-corrected chi connectivity index (χ1v) is 5.07. The smallest absolute Gasteiger partial charge is 0.227 e. The van der Waals surface area contributed by atoms with E-state index < -0.39 is 0 Å². The van der Waals surface area contributed by atoms with Gasteiger partial charge in [0.25, 0.3) is 0 Å². The van der Waals surface area contributed by atoms with Crippen LogP contribution in [0.3, 0.4) is 0 Å². The summed E-state index contributed by atoms with van der Waals surface area (Å²) in [6, 6.07) is 9.86. The lowest BCUT2D eigenvalue weighted by atomic mass is 10.2. The van der Waals surface area contributed by atoms with Gasteiger partial charge in [-0.3, -0.25) is 4.79 Å². The number of rotatable bonds is 1. The van der Waals surface area contributed by atoms with Gasteiger partial charge in [0, 0.05) is 25.8 Å². The van der Waals surface area contributed by atoms with Crippen molar-refractivity contribution in [1.29, 1.82) is 0 Å². The van der Waals surface area contributed by atoms with Crippen molar-refractivity contribution >= 4 is 11.6 Å². The predicted octanol–water partition coefficient (Wildman–Crippen LogP) is 1.67. The molecular formula is C12H17NO2. The third-order valence-electron chi connectivity index (χ3n) is 2.39. The lowest BCUT2D eigenvalue weighted by Gasteiger charge is -2.15. The maximum absolute atomic E-state index is 11.5. The zero-order valence-electron chi connectivity index (χ0n) is 9.18. The van der Waals surface area contributed by atoms with Crippen LogP contribution in [-0.4, -0.2) is 24.7 Å². The molecule has 0 radical (unpaired) electrons. The van der Waals surface area contributed by atoms with Crippen LogP contribution >= 0.6 is 0 Å². The first kappa shape index (κ1) is 11.7.